The van der Waals surface area contributed by atoms with Gasteiger partial charge in [-0.1, -0.05) is 0 Å². The number of halogens is 1. The van der Waals surface area contributed by atoms with Crippen LogP contribution < -0.4 is 5.32 Å². The molecule has 1 fully saturated rings. The topological polar surface area (TPSA) is 29.9 Å². The molecule has 0 radical (unpaired) electrons. The highest BCUT2D eigenvalue weighted by Gasteiger charge is 2.20. The highest BCUT2D eigenvalue weighted by Crippen LogP contribution is 2.19. The van der Waals surface area contributed by atoms with Gasteiger partial charge in [-0.25, -0.2) is 9.07 Å². The predicted octanol–water partition coefficient (Wildman–Crippen LogP) is 2.26. The van der Waals surface area contributed by atoms with Gasteiger partial charge in [0.15, 0.2) is 0 Å². The second kappa shape index (κ2) is 4.30. The lowest BCUT2D eigenvalue weighted by Gasteiger charge is -2.01. The molecule has 0 spiro atoms. The van der Waals surface area contributed by atoms with Crippen LogP contribution in [0.4, 0.5) is 4.39 Å². The van der Waals surface area contributed by atoms with Crippen molar-refractivity contribution in [2.45, 2.75) is 25.4 Å². The first kappa shape index (κ1) is 10.5. The summed E-state index contributed by atoms with van der Waals surface area (Å²) in [6.07, 6.45) is 4.45. The van der Waals surface area contributed by atoms with E-state index in [1.807, 2.05) is 12.3 Å². The van der Waals surface area contributed by atoms with Gasteiger partial charge < -0.3 is 5.32 Å². The highest BCUT2D eigenvalue weighted by molar-refractivity contribution is 5.31. The summed E-state index contributed by atoms with van der Waals surface area (Å²) in [5.74, 6) is -0.225. The standard InChI is InChI=1S/C13H14FN3/c14-10-1-5-13(6-2-10)17-8-7-12(16-17)9-15-11-3-4-11/h1-2,5-8,11,15H,3-4,9H2. The zero-order valence-electron chi connectivity index (χ0n) is 9.44. The molecule has 1 heterocycles. The van der Waals surface area contributed by atoms with Crippen LogP contribution in [0.15, 0.2) is 36.5 Å². The summed E-state index contributed by atoms with van der Waals surface area (Å²) in [4.78, 5) is 0. The lowest BCUT2D eigenvalue weighted by molar-refractivity contribution is 0.626. The Balaban J connectivity index is 1.72. The second-order valence-electron chi connectivity index (χ2n) is 4.38. The summed E-state index contributed by atoms with van der Waals surface area (Å²) in [6.45, 7) is 0.804. The molecule has 0 bridgehead atoms. The molecule has 1 aromatic heterocycles. The Morgan fingerprint density at radius 3 is 2.71 bits per heavy atom. The third-order valence-electron chi connectivity index (χ3n) is 2.88. The summed E-state index contributed by atoms with van der Waals surface area (Å²) >= 11 is 0. The van der Waals surface area contributed by atoms with Crippen LogP contribution in [0.25, 0.3) is 5.69 Å². The average Bonchev–Trinajstić information content (AvgIpc) is 3.06. The summed E-state index contributed by atoms with van der Waals surface area (Å²) < 4.78 is 14.6. The molecule has 3 nitrogen and oxygen atoms in total. The van der Waals surface area contributed by atoms with Gasteiger partial charge in [0.2, 0.25) is 0 Å². The van der Waals surface area contributed by atoms with E-state index in [9.17, 15) is 4.39 Å². The Bertz CT molecular complexity index is 500. The third kappa shape index (κ3) is 2.53. The fourth-order valence-electron chi connectivity index (χ4n) is 1.73. The minimum absolute atomic E-state index is 0.225. The first-order valence-electron chi connectivity index (χ1n) is 5.85. The first-order valence-corrected chi connectivity index (χ1v) is 5.85. The molecule has 4 heteroatoms. The average molecular weight is 231 g/mol. The van der Waals surface area contributed by atoms with Gasteiger partial charge in [-0.2, -0.15) is 5.10 Å². The summed E-state index contributed by atoms with van der Waals surface area (Å²) in [6, 6.07) is 9.00. The van der Waals surface area contributed by atoms with E-state index in [0.717, 1.165) is 17.9 Å². The number of nitrogens with zero attached hydrogens (tertiary/aromatic N) is 2. The summed E-state index contributed by atoms with van der Waals surface area (Å²) in [5.41, 5.74) is 1.89. The molecule has 0 amide bonds. The molecule has 2 aromatic rings. The van der Waals surface area contributed by atoms with Gasteiger partial charge in [0.1, 0.15) is 5.82 Å². The maximum absolute atomic E-state index is 12.8. The number of hydrogen-bond acceptors (Lipinski definition) is 2. The minimum atomic E-state index is -0.225. The second-order valence-corrected chi connectivity index (χ2v) is 4.38. The van der Waals surface area contributed by atoms with Gasteiger partial charge in [0.25, 0.3) is 0 Å². The maximum Gasteiger partial charge on any atom is 0.123 e. The van der Waals surface area contributed by atoms with Crippen LogP contribution in [0.5, 0.6) is 0 Å². The van der Waals surface area contributed by atoms with Gasteiger partial charge in [0.05, 0.1) is 11.4 Å². The molecule has 17 heavy (non-hydrogen) atoms. The van der Waals surface area contributed by atoms with Crippen LogP contribution in [-0.2, 0) is 6.54 Å². The predicted molar refractivity (Wildman–Crippen MR) is 63.4 cm³/mol. The van der Waals surface area contributed by atoms with Crippen LogP contribution in [0.1, 0.15) is 18.5 Å². The molecule has 1 saturated carbocycles. The van der Waals surface area contributed by atoms with Crippen molar-refractivity contribution in [2.75, 3.05) is 0 Å². The van der Waals surface area contributed by atoms with E-state index in [2.05, 4.69) is 10.4 Å². The Labute approximate surface area is 99.3 Å². The Morgan fingerprint density at radius 1 is 1.24 bits per heavy atom. The molecule has 88 valence electrons. The monoisotopic (exact) mass is 231 g/mol. The Morgan fingerprint density at radius 2 is 2.00 bits per heavy atom. The van der Waals surface area contributed by atoms with Crippen molar-refractivity contribution in [3.63, 3.8) is 0 Å². The van der Waals surface area contributed by atoms with Gasteiger partial charge in [-0.05, 0) is 43.2 Å². The molecule has 1 aliphatic rings. The maximum atomic E-state index is 12.8. The van der Waals surface area contributed by atoms with E-state index in [1.54, 1.807) is 16.8 Å². The van der Waals surface area contributed by atoms with Crippen LogP contribution in [0, 0.1) is 5.82 Å². The van der Waals surface area contributed by atoms with Crippen LogP contribution in [0.3, 0.4) is 0 Å². The molecular formula is C13H14FN3. The Hall–Kier alpha value is -1.68. The van der Waals surface area contributed by atoms with E-state index in [1.165, 1.54) is 25.0 Å². The lowest BCUT2D eigenvalue weighted by Crippen LogP contribution is -2.15. The SMILES string of the molecule is Fc1ccc(-n2ccc(CNC3CC3)n2)cc1. The number of hydrogen-bond donors (Lipinski definition) is 1. The van der Waals surface area contributed by atoms with Crippen molar-refractivity contribution >= 4 is 0 Å². The van der Waals surface area contributed by atoms with Crippen molar-refractivity contribution in [1.29, 1.82) is 0 Å². The van der Waals surface area contributed by atoms with Crippen molar-refractivity contribution in [3.8, 4) is 5.69 Å². The normalized spacial score (nSPS) is 15.1. The van der Waals surface area contributed by atoms with Crippen LogP contribution in [-0.4, -0.2) is 15.8 Å². The largest absolute Gasteiger partial charge is 0.308 e. The first-order chi connectivity index (χ1) is 8.31. The van der Waals surface area contributed by atoms with Gasteiger partial charge >= 0.3 is 0 Å². The van der Waals surface area contributed by atoms with Crippen molar-refractivity contribution in [1.82, 2.24) is 15.1 Å². The molecule has 3 rings (SSSR count). The zero-order chi connectivity index (χ0) is 11.7. The van der Waals surface area contributed by atoms with E-state index >= 15 is 0 Å². The zero-order valence-corrected chi connectivity index (χ0v) is 9.44. The van der Waals surface area contributed by atoms with E-state index < -0.39 is 0 Å². The molecule has 1 N–H and O–H groups in total. The summed E-state index contributed by atoms with van der Waals surface area (Å²) in [5, 5.41) is 7.85. The number of benzene rings is 1. The van der Waals surface area contributed by atoms with Gasteiger partial charge in [-0.3, -0.25) is 0 Å². The number of aromatic nitrogens is 2. The smallest absolute Gasteiger partial charge is 0.123 e. The highest BCUT2D eigenvalue weighted by atomic mass is 19.1. The van der Waals surface area contributed by atoms with E-state index in [0.29, 0.717) is 6.04 Å². The van der Waals surface area contributed by atoms with Gasteiger partial charge in [-0.15, -0.1) is 0 Å². The molecular weight excluding hydrogens is 217 g/mol. The molecule has 0 aliphatic heterocycles. The molecule has 1 aliphatic carbocycles. The van der Waals surface area contributed by atoms with Crippen molar-refractivity contribution < 1.29 is 4.39 Å². The third-order valence-corrected chi connectivity index (χ3v) is 2.88. The quantitative estimate of drug-likeness (QED) is 0.874. The molecule has 1 aromatic carbocycles. The number of rotatable bonds is 4. The fourth-order valence-corrected chi connectivity index (χ4v) is 1.73. The van der Waals surface area contributed by atoms with Crippen LogP contribution in [0.2, 0.25) is 0 Å². The van der Waals surface area contributed by atoms with Crippen LogP contribution >= 0.6 is 0 Å². The van der Waals surface area contributed by atoms with Crippen molar-refractivity contribution in [3.05, 3.63) is 48.0 Å². The van der Waals surface area contributed by atoms with Crippen molar-refractivity contribution in [2.24, 2.45) is 0 Å². The van der Waals surface area contributed by atoms with E-state index in [-0.39, 0.29) is 5.82 Å². The molecule has 0 atom stereocenters. The molecule has 0 unspecified atom stereocenters. The summed E-state index contributed by atoms with van der Waals surface area (Å²) in [7, 11) is 0. The lowest BCUT2D eigenvalue weighted by atomic mass is 10.3. The number of nitrogens with one attached hydrogen (secondary N) is 1. The van der Waals surface area contributed by atoms with E-state index in [4.69, 9.17) is 0 Å². The Kier molecular flexibility index (Phi) is 2.65. The fraction of sp³-hybridized carbons (Fsp3) is 0.308. The minimum Gasteiger partial charge on any atom is -0.308 e. The molecule has 0 saturated heterocycles. The van der Waals surface area contributed by atoms with Gasteiger partial charge in [0, 0.05) is 18.8 Å².